The molecule has 1 heterocycles. The van der Waals surface area contributed by atoms with Gasteiger partial charge in [0.2, 0.25) is 0 Å². The summed E-state index contributed by atoms with van der Waals surface area (Å²) in [6, 6.07) is 0.186. The largest absolute Gasteiger partial charge is 0.444 e. The molecule has 1 amide bonds. The number of amides is 1. The highest BCUT2D eigenvalue weighted by molar-refractivity contribution is 5.68. The number of hydrogen-bond acceptors (Lipinski definition) is 3. The lowest BCUT2D eigenvalue weighted by atomic mass is 10.1. The van der Waals surface area contributed by atoms with E-state index < -0.39 is 5.60 Å². The fourth-order valence-electron chi connectivity index (χ4n) is 1.97. The average molecular weight is 242 g/mol. The van der Waals surface area contributed by atoms with Crippen molar-refractivity contribution in [2.45, 2.75) is 52.7 Å². The Bertz CT molecular complexity index is 253. The van der Waals surface area contributed by atoms with E-state index in [0.717, 1.165) is 26.1 Å². The Morgan fingerprint density at radius 2 is 2.12 bits per heavy atom. The first-order chi connectivity index (χ1) is 7.79. The van der Waals surface area contributed by atoms with Crippen molar-refractivity contribution in [1.82, 2.24) is 10.2 Å². The van der Waals surface area contributed by atoms with E-state index in [2.05, 4.69) is 5.32 Å². The van der Waals surface area contributed by atoms with Gasteiger partial charge in [-0.25, -0.2) is 4.79 Å². The molecule has 0 aromatic rings. The average Bonchev–Trinajstić information content (AvgIpc) is 2.62. The van der Waals surface area contributed by atoms with Crippen LogP contribution in [0.15, 0.2) is 0 Å². The van der Waals surface area contributed by atoms with Crippen LogP contribution in [0.4, 0.5) is 4.79 Å². The predicted molar refractivity (Wildman–Crippen MR) is 69.1 cm³/mol. The molecule has 17 heavy (non-hydrogen) atoms. The maximum absolute atomic E-state index is 12.1. The maximum atomic E-state index is 12.1. The molecule has 0 aromatic heterocycles. The van der Waals surface area contributed by atoms with Crippen LogP contribution >= 0.6 is 0 Å². The predicted octanol–water partition coefficient (Wildman–Crippen LogP) is 2.24. The van der Waals surface area contributed by atoms with Gasteiger partial charge in [-0.2, -0.15) is 0 Å². The molecule has 1 N–H and O–H groups in total. The summed E-state index contributed by atoms with van der Waals surface area (Å²) in [6.07, 6.45) is 0.950. The summed E-state index contributed by atoms with van der Waals surface area (Å²) >= 11 is 0. The Labute approximate surface area is 105 Å². The highest BCUT2D eigenvalue weighted by Crippen LogP contribution is 2.16. The minimum absolute atomic E-state index is 0.186. The zero-order valence-electron chi connectivity index (χ0n) is 11.7. The lowest BCUT2D eigenvalue weighted by molar-refractivity contribution is 0.0162. The smallest absolute Gasteiger partial charge is 0.410 e. The van der Waals surface area contributed by atoms with Crippen LogP contribution in [0.1, 0.15) is 41.0 Å². The van der Waals surface area contributed by atoms with Gasteiger partial charge < -0.3 is 15.0 Å². The molecule has 1 fully saturated rings. The molecule has 100 valence electrons. The molecular formula is C13H26N2O2. The molecular weight excluding hydrogens is 216 g/mol. The monoisotopic (exact) mass is 242 g/mol. The quantitative estimate of drug-likeness (QED) is 0.825. The molecule has 1 rings (SSSR count). The van der Waals surface area contributed by atoms with Gasteiger partial charge in [0.15, 0.2) is 0 Å². The van der Waals surface area contributed by atoms with E-state index in [1.54, 1.807) is 0 Å². The molecule has 4 heteroatoms. The molecule has 0 bridgehead atoms. The van der Waals surface area contributed by atoms with E-state index in [-0.39, 0.29) is 12.1 Å². The van der Waals surface area contributed by atoms with Crippen molar-refractivity contribution >= 4 is 6.09 Å². The third-order valence-electron chi connectivity index (χ3n) is 2.87. The van der Waals surface area contributed by atoms with Crippen molar-refractivity contribution in [3.63, 3.8) is 0 Å². The van der Waals surface area contributed by atoms with Gasteiger partial charge in [0.05, 0.1) is 0 Å². The van der Waals surface area contributed by atoms with Gasteiger partial charge in [-0.05, 0) is 60.0 Å². The summed E-state index contributed by atoms with van der Waals surface area (Å²) in [6.45, 7) is 12.6. The molecule has 0 aliphatic carbocycles. The third kappa shape index (κ3) is 4.94. The SMILES string of the molecule is CC(C)N(C[C@@H]1CCNC1)C(=O)OC(C)(C)C. The van der Waals surface area contributed by atoms with Crippen LogP contribution in [0.25, 0.3) is 0 Å². The van der Waals surface area contributed by atoms with Gasteiger partial charge in [-0.15, -0.1) is 0 Å². The molecule has 0 aromatic carbocycles. The number of nitrogens with one attached hydrogen (secondary N) is 1. The Hall–Kier alpha value is -0.770. The Morgan fingerprint density at radius 3 is 2.53 bits per heavy atom. The molecule has 1 atom stereocenters. The Balaban J connectivity index is 2.55. The van der Waals surface area contributed by atoms with Crippen molar-refractivity contribution in [3.05, 3.63) is 0 Å². The standard InChI is InChI=1S/C13H26N2O2/c1-10(2)15(9-11-6-7-14-8-11)12(16)17-13(3,4)5/h10-11,14H,6-9H2,1-5H3/t11-/m1/s1. The van der Waals surface area contributed by atoms with Crippen LogP contribution in [0.2, 0.25) is 0 Å². The van der Waals surface area contributed by atoms with E-state index in [1.807, 2.05) is 39.5 Å². The van der Waals surface area contributed by atoms with Crippen molar-refractivity contribution in [2.24, 2.45) is 5.92 Å². The van der Waals surface area contributed by atoms with Crippen molar-refractivity contribution in [1.29, 1.82) is 0 Å². The molecule has 0 radical (unpaired) electrons. The fraction of sp³-hybridized carbons (Fsp3) is 0.923. The van der Waals surface area contributed by atoms with Gasteiger partial charge in [-0.1, -0.05) is 0 Å². The fourth-order valence-corrected chi connectivity index (χ4v) is 1.97. The first-order valence-electron chi connectivity index (χ1n) is 6.50. The van der Waals surface area contributed by atoms with Gasteiger partial charge in [0, 0.05) is 12.6 Å². The van der Waals surface area contributed by atoms with Crippen LogP contribution in [0.3, 0.4) is 0 Å². The highest BCUT2D eigenvalue weighted by atomic mass is 16.6. The molecule has 1 aliphatic rings. The summed E-state index contributed by atoms with van der Waals surface area (Å²) in [5.74, 6) is 0.560. The van der Waals surface area contributed by atoms with Crippen LogP contribution < -0.4 is 5.32 Å². The lowest BCUT2D eigenvalue weighted by Crippen LogP contribution is -2.43. The van der Waals surface area contributed by atoms with Gasteiger partial charge in [-0.3, -0.25) is 0 Å². The van der Waals surface area contributed by atoms with Crippen LogP contribution in [0, 0.1) is 5.92 Å². The van der Waals surface area contributed by atoms with Crippen LogP contribution in [-0.2, 0) is 4.74 Å². The maximum Gasteiger partial charge on any atom is 0.410 e. The lowest BCUT2D eigenvalue weighted by Gasteiger charge is -2.31. The summed E-state index contributed by atoms with van der Waals surface area (Å²) in [5, 5.41) is 3.33. The van der Waals surface area contributed by atoms with E-state index in [9.17, 15) is 4.79 Å². The summed E-state index contributed by atoms with van der Waals surface area (Å²) in [5.41, 5.74) is -0.419. The molecule has 4 nitrogen and oxygen atoms in total. The van der Waals surface area contributed by atoms with Crippen LogP contribution in [0.5, 0.6) is 0 Å². The van der Waals surface area contributed by atoms with Crippen molar-refractivity contribution < 1.29 is 9.53 Å². The summed E-state index contributed by atoms with van der Waals surface area (Å²) in [7, 11) is 0. The van der Waals surface area contributed by atoms with E-state index in [1.165, 1.54) is 0 Å². The summed E-state index contributed by atoms with van der Waals surface area (Å²) < 4.78 is 5.44. The van der Waals surface area contributed by atoms with E-state index >= 15 is 0 Å². The molecule has 0 unspecified atom stereocenters. The zero-order valence-corrected chi connectivity index (χ0v) is 11.7. The minimum atomic E-state index is -0.419. The third-order valence-corrected chi connectivity index (χ3v) is 2.87. The number of rotatable bonds is 3. The van der Waals surface area contributed by atoms with Gasteiger partial charge >= 0.3 is 6.09 Å². The first-order valence-corrected chi connectivity index (χ1v) is 6.50. The molecule has 1 saturated heterocycles. The number of hydrogen-bond donors (Lipinski definition) is 1. The van der Waals surface area contributed by atoms with Crippen molar-refractivity contribution in [3.8, 4) is 0 Å². The first kappa shape index (κ1) is 14.3. The minimum Gasteiger partial charge on any atom is -0.444 e. The topological polar surface area (TPSA) is 41.6 Å². The second-order valence-corrected chi connectivity index (χ2v) is 6.09. The van der Waals surface area contributed by atoms with Gasteiger partial charge in [0.1, 0.15) is 5.60 Å². The number of carbonyl (C=O) groups excluding carboxylic acids is 1. The Morgan fingerprint density at radius 1 is 1.47 bits per heavy atom. The van der Waals surface area contributed by atoms with Crippen LogP contribution in [-0.4, -0.2) is 42.3 Å². The molecule has 0 saturated carbocycles. The number of ether oxygens (including phenoxy) is 1. The molecule has 1 aliphatic heterocycles. The molecule has 0 spiro atoms. The Kier molecular flexibility index (Phi) is 4.80. The van der Waals surface area contributed by atoms with Crippen molar-refractivity contribution in [2.75, 3.05) is 19.6 Å². The number of nitrogens with zero attached hydrogens (tertiary/aromatic N) is 1. The summed E-state index contributed by atoms with van der Waals surface area (Å²) in [4.78, 5) is 13.9. The highest BCUT2D eigenvalue weighted by Gasteiger charge is 2.27. The second kappa shape index (κ2) is 5.71. The van der Waals surface area contributed by atoms with Gasteiger partial charge in [0.25, 0.3) is 0 Å². The normalized spacial score (nSPS) is 20.7. The van der Waals surface area contributed by atoms with E-state index in [4.69, 9.17) is 4.74 Å². The zero-order chi connectivity index (χ0) is 13.1. The second-order valence-electron chi connectivity index (χ2n) is 6.09. The number of carbonyl (C=O) groups is 1. The van der Waals surface area contributed by atoms with E-state index in [0.29, 0.717) is 5.92 Å².